The van der Waals surface area contributed by atoms with E-state index < -0.39 is 5.60 Å². The summed E-state index contributed by atoms with van der Waals surface area (Å²) < 4.78 is 16.0. The molecular formula is C15H20O4. The van der Waals surface area contributed by atoms with Crippen LogP contribution in [-0.4, -0.2) is 32.2 Å². The third-order valence-corrected chi connectivity index (χ3v) is 3.62. The number of hydrogen-bond donors (Lipinski definition) is 0. The molecular weight excluding hydrogens is 244 g/mol. The van der Waals surface area contributed by atoms with Crippen molar-refractivity contribution < 1.29 is 19.0 Å². The van der Waals surface area contributed by atoms with Gasteiger partial charge in [-0.2, -0.15) is 0 Å². The predicted molar refractivity (Wildman–Crippen MR) is 71.8 cm³/mol. The van der Waals surface area contributed by atoms with Crippen LogP contribution in [0.3, 0.4) is 0 Å². The molecule has 0 bridgehead atoms. The van der Waals surface area contributed by atoms with Crippen LogP contribution in [0.1, 0.15) is 25.3 Å². The van der Waals surface area contributed by atoms with Crippen LogP contribution in [-0.2, 0) is 16.0 Å². The van der Waals surface area contributed by atoms with Crippen molar-refractivity contribution in [3.63, 3.8) is 0 Å². The van der Waals surface area contributed by atoms with Gasteiger partial charge in [-0.15, -0.1) is 0 Å². The molecule has 0 spiro atoms. The Kier molecular flexibility index (Phi) is 4.10. The maximum absolute atomic E-state index is 12.3. The number of rotatable bonds is 5. The summed E-state index contributed by atoms with van der Waals surface area (Å²) in [6.07, 6.45) is 2.12. The van der Waals surface area contributed by atoms with Gasteiger partial charge in [0, 0.05) is 13.0 Å². The van der Waals surface area contributed by atoms with E-state index in [0.29, 0.717) is 24.5 Å². The minimum Gasteiger partial charge on any atom is -0.493 e. The minimum atomic E-state index is -0.618. The molecule has 0 N–H and O–H groups in total. The summed E-state index contributed by atoms with van der Waals surface area (Å²) in [5.74, 6) is 1.43. The lowest BCUT2D eigenvalue weighted by Crippen LogP contribution is -2.35. The quantitative estimate of drug-likeness (QED) is 0.819. The fourth-order valence-electron chi connectivity index (χ4n) is 2.36. The van der Waals surface area contributed by atoms with Gasteiger partial charge in [-0.25, -0.2) is 0 Å². The van der Waals surface area contributed by atoms with Crippen molar-refractivity contribution in [2.75, 3.05) is 20.8 Å². The molecule has 0 aromatic heterocycles. The number of ether oxygens (including phenoxy) is 3. The first-order valence-corrected chi connectivity index (χ1v) is 6.47. The Morgan fingerprint density at radius 3 is 2.63 bits per heavy atom. The van der Waals surface area contributed by atoms with E-state index in [1.54, 1.807) is 14.2 Å². The smallest absolute Gasteiger partial charge is 0.168 e. The Morgan fingerprint density at radius 2 is 2.05 bits per heavy atom. The van der Waals surface area contributed by atoms with Crippen LogP contribution < -0.4 is 9.47 Å². The average Bonchev–Trinajstić information content (AvgIpc) is 2.87. The molecule has 1 fully saturated rings. The molecule has 0 saturated carbocycles. The van der Waals surface area contributed by atoms with E-state index in [-0.39, 0.29) is 5.78 Å². The van der Waals surface area contributed by atoms with E-state index in [0.717, 1.165) is 18.4 Å². The van der Waals surface area contributed by atoms with Gasteiger partial charge in [0.05, 0.1) is 14.2 Å². The normalized spacial score (nSPS) is 22.3. The monoisotopic (exact) mass is 264 g/mol. The molecule has 1 aliphatic heterocycles. The highest BCUT2D eigenvalue weighted by atomic mass is 16.5. The Bertz CT molecular complexity index is 461. The second-order valence-corrected chi connectivity index (χ2v) is 4.97. The zero-order valence-electron chi connectivity index (χ0n) is 11.7. The summed E-state index contributed by atoms with van der Waals surface area (Å²) in [5, 5.41) is 0. The second kappa shape index (κ2) is 5.61. The summed E-state index contributed by atoms with van der Waals surface area (Å²) in [6.45, 7) is 2.55. The molecule has 1 aromatic rings. The lowest BCUT2D eigenvalue weighted by atomic mass is 9.92. The maximum Gasteiger partial charge on any atom is 0.168 e. The topological polar surface area (TPSA) is 44.8 Å². The Balaban J connectivity index is 2.13. The zero-order chi connectivity index (χ0) is 13.9. The van der Waals surface area contributed by atoms with Crippen LogP contribution in [0.15, 0.2) is 18.2 Å². The SMILES string of the molecule is COc1ccc(CC(=O)C2(C)CCCO2)cc1OC. The summed E-state index contributed by atoms with van der Waals surface area (Å²) in [6, 6.07) is 5.55. The third-order valence-electron chi connectivity index (χ3n) is 3.62. The lowest BCUT2D eigenvalue weighted by molar-refractivity contribution is -0.136. The van der Waals surface area contributed by atoms with Crippen LogP contribution in [0, 0.1) is 0 Å². The van der Waals surface area contributed by atoms with E-state index in [1.807, 2.05) is 25.1 Å². The molecule has 0 radical (unpaired) electrons. The number of ketones is 1. The van der Waals surface area contributed by atoms with E-state index in [1.165, 1.54) is 0 Å². The Morgan fingerprint density at radius 1 is 1.32 bits per heavy atom. The van der Waals surface area contributed by atoms with E-state index in [2.05, 4.69) is 0 Å². The van der Waals surface area contributed by atoms with Crippen LogP contribution in [0.2, 0.25) is 0 Å². The zero-order valence-corrected chi connectivity index (χ0v) is 11.7. The molecule has 0 aliphatic carbocycles. The summed E-state index contributed by atoms with van der Waals surface area (Å²) in [5.41, 5.74) is 0.298. The first-order chi connectivity index (χ1) is 9.09. The van der Waals surface area contributed by atoms with E-state index >= 15 is 0 Å². The first kappa shape index (κ1) is 13.9. The van der Waals surface area contributed by atoms with Crippen molar-refractivity contribution in [1.29, 1.82) is 0 Å². The molecule has 4 heteroatoms. The standard InChI is InChI=1S/C15H20O4/c1-15(7-4-8-19-15)14(16)10-11-5-6-12(17-2)13(9-11)18-3/h5-6,9H,4,7-8,10H2,1-3H3. The highest BCUT2D eigenvalue weighted by Crippen LogP contribution is 2.30. The summed E-state index contributed by atoms with van der Waals surface area (Å²) >= 11 is 0. The Hall–Kier alpha value is -1.55. The third kappa shape index (κ3) is 2.89. The molecule has 1 aromatic carbocycles. The Labute approximate surface area is 113 Å². The van der Waals surface area contributed by atoms with Crippen molar-refractivity contribution in [1.82, 2.24) is 0 Å². The number of carbonyl (C=O) groups excluding carboxylic acids is 1. The van der Waals surface area contributed by atoms with Crippen LogP contribution in [0.4, 0.5) is 0 Å². The molecule has 4 nitrogen and oxygen atoms in total. The van der Waals surface area contributed by atoms with Gasteiger partial charge < -0.3 is 14.2 Å². The molecule has 1 atom stereocenters. The molecule has 1 saturated heterocycles. The van der Waals surface area contributed by atoms with Gasteiger partial charge in [-0.05, 0) is 37.5 Å². The van der Waals surface area contributed by atoms with Crippen LogP contribution in [0.25, 0.3) is 0 Å². The number of benzene rings is 1. The summed E-state index contributed by atoms with van der Waals surface area (Å²) in [4.78, 5) is 12.3. The highest BCUT2D eigenvalue weighted by molar-refractivity contribution is 5.89. The molecule has 19 heavy (non-hydrogen) atoms. The highest BCUT2D eigenvalue weighted by Gasteiger charge is 2.37. The van der Waals surface area contributed by atoms with Crippen molar-refractivity contribution in [3.8, 4) is 11.5 Å². The van der Waals surface area contributed by atoms with Gasteiger partial charge >= 0.3 is 0 Å². The number of methoxy groups -OCH3 is 2. The molecule has 104 valence electrons. The maximum atomic E-state index is 12.3. The van der Waals surface area contributed by atoms with Crippen LogP contribution in [0.5, 0.6) is 11.5 Å². The molecule has 0 amide bonds. The van der Waals surface area contributed by atoms with Gasteiger partial charge in [0.1, 0.15) is 5.60 Å². The van der Waals surface area contributed by atoms with Crippen molar-refractivity contribution in [2.45, 2.75) is 31.8 Å². The first-order valence-electron chi connectivity index (χ1n) is 6.47. The number of carbonyl (C=O) groups is 1. The van der Waals surface area contributed by atoms with Gasteiger partial charge in [0.25, 0.3) is 0 Å². The number of Topliss-reactive ketones (excluding diaryl/α,β-unsaturated/α-hetero) is 1. The fraction of sp³-hybridized carbons (Fsp3) is 0.533. The fourth-order valence-corrected chi connectivity index (χ4v) is 2.36. The van der Waals surface area contributed by atoms with Crippen molar-refractivity contribution in [3.05, 3.63) is 23.8 Å². The number of hydrogen-bond acceptors (Lipinski definition) is 4. The minimum absolute atomic E-state index is 0.122. The van der Waals surface area contributed by atoms with Crippen molar-refractivity contribution in [2.24, 2.45) is 0 Å². The van der Waals surface area contributed by atoms with Gasteiger partial charge in [0.15, 0.2) is 17.3 Å². The van der Waals surface area contributed by atoms with Gasteiger partial charge in [0.2, 0.25) is 0 Å². The van der Waals surface area contributed by atoms with Gasteiger partial charge in [-0.3, -0.25) is 4.79 Å². The second-order valence-electron chi connectivity index (χ2n) is 4.97. The van der Waals surface area contributed by atoms with E-state index in [4.69, 9.17) is 14.2 Å². The molecule has 1 aliphatic rings. The lowest BCUT2D eigenvalue weighted by Gasteiger charge is -2.21. The molecule has 2 rings (SSSR count). The molecule has 1 heterocycles. The van der Waals surface area contributed by atoms with E-state index in [9.17, 15) is 4.79 Å². The van der Waals surface area contributed by atoms with Gasteiger partial charge in [-0.1, -0.05) is 6.07 Å². The predicted octanol–water partition coefficient (Wildman–Crippen LogP) is 2.38. The summed E-state index contributed by atoms with van der Waals surface area (Å²) in [7, 11) is 3.18. The molecule has 1 unspecified atom stereocenters. The average molecular weight is 264 g/mol. The largest absolute Gasteiger partial charge is 0.493 e. The van der Waals surface area contributed by atoms with Crippen LogP contribution >= 0.6 is 0 Å². The van der Waals surface area contributed by atoms with Crippen molar-refractivity contribution >= 4 is 5.78 Å².